The fourth-order valence-corrected chi connectivity index (χ4v) is 4.32. The second-order valence-corrected chi connectivity index (χ2v) is 7.38. The quantitative estimate of drug-likeness (QED) is 0.869. The van der Waals surface area contributed by atoms with Gasteiger partial charge in [-0.05, 0) is 25.7 Å². The Morgan fingerprint density at radius 1 is 1.16 bits per heavy atom. The Morgan fingerprint density at radius 2 is 2.00 bits per heavy atom. The number of hydrogen-bond donors (Lipinski definition) is 2. The molecule has 0 bridgehead atoms. The average Bonchev–Trinajstić information content (AvgIpc) is 3.34. The highest BCUT2D eigenvalue weighted by molar-refractivity contribution is 5.94. The van der Waals surface area contributed by atoms with Crippen molar-refractivity contribution in [3.05, 3.63) is 11.8 Å². The van der Waals surface area contributed by atoms with Crippen LogP contribution in [-0.4, -0.2) is 66.1 Å². The summed E-state index contributed by atoms with van der Waals surface area (Å²) in [6, 6.07) is 2.25. The SMILES string of the molecule is O=C(Nc1cc([C@H]2CCCOC2)[nH]n1)[C@@H]1COCCN1C1CCCC1. The predicted octanol–water partition coefficient (Wildman–Crippen LogP) is 1.89. The lowest BCUT2D eigenvalue weighted by Gasteiger charge is -2.38. The van der Waals surface area contributed by atoms with E-state index in [1.165, 1.54) is 25.7 Å². The minimum atomic E-state index is -0.213. The molecule has 7 heteroatoms. The number of hydrogen-bond acceptors (Lipinski definition) is 5. The van der Waals surface area contributed by atoms with Gasteiger partial charge in [-0.1, -0.05) is 12.8 Å². The van der Waals surface area contributed by atoms with Gasteiger partial charge in [-0.3, -0.25) is 14.8 Å². The van der Waals surface area contributed by atoms with E-state index in [2.05, 4.69) is 20.4 Å². The van der Waals surface area contributed by atoms with Gasteiger partial charge in [0.2, 0.25) is 5.91 Å². The largest absolute Gasteiger partial charge is 0.381 e. The van der Waals surface area contributed by atoms with E-state index < -0.39 is 0 Å². The van der Waals surface area contributed by atoms with E-state index >= 15 is 0 Å². The number of morpholine rings is 1. The Morgan fingerprint density at radius 3 is 2.80 bits per heavy atom. The first-order valence-corrected chi connectivity index (χ1v) is 9.58. The third kappa shape index (κ3) is 3.88. The summed E-state index contributed by atoms with van der Waals surface area (Å²) >= 11 is 0. The van der Waals surface area contributed by atoms with Gasteiger partial charge in [-0.25, -0.2) is 0 Å². The summed E-state index contributed by atoms with van der Waals surface area (Å²) in [5, 5.41) is 10.3. The Labute approximate surface area is 148 Å². The number of aromatic amines is 1. The monoisotopic (exact) mass is 348 g/mol. The van der Waals surface area contributed by atoms with E-state index in [4.69, 9.17) is 9.47 Å². The number of anilines is 1. The molecule has 2 saturated heterocycles. The number of carbonyl (C=O) groups is 1. The molecule has 0 unspecified atom stereocenters. The van der Waals surface area contributed by atoms with Gasteiger partial charge in [0.05, 0.1) is 19.8 Å². The predicted molar refractivity (Wildman–Crippen MR) is 93.6 cm³/mol. The minimum absolute atomic E-state index is 0.00968. The Balaban J connectivity index is 1.39. The second-order valence-electron chi connectivity index (χ2n) is 7.38. The van der Waals surface area contributed by atoms with Gasteiger partial charge >= 0.3 is 0 Å². The zero-order chi connectivity index (χ0) is 17.1. The maximum atomic E-state index is 12.8. The van der Waals surface area contributed by atoms with Crippen LogP contribution in [0.3, 0.4) is 0 Å². The Bertz CT molecular complexity index is 579. The van der Waals surface area contributed by atoms with Crippen molar-refractivity contribution in [2.24, 2.45) is 0 Å². The molecule has 25 heavy (non-hydrogen) atoms. The van der Waals surface area contributed by atoms with Crippen LogP contribution in [-0.2, 0) is 14.3 Å². The molecule has 138 valence electrons. The lowest BCUT2D eigenvalue weighted by atomic mass is 9.99. The molecule has 0 spiro atoms. The van der Waals surface area contributed by atoms with E-state index in [0.29, 0.717) is 31.0 Å². The normalized spacial score (nSPS) is 29.0. The topological polar surface area (TPSA) is 79.5 Å². The molecule has 7 nitrogen and oxygen atoms in total. The smallest absolute Gasteiger partial charge is 0.245 e. The molecule has 1 aliphatic carbocycles. The Hall–Kier alpha value is -1.44. The molecular weight excluding hydrogens is 320 g/mol. The summed E-state index contributed by atoms with van der Waals surface area (Å²) in [5.41, 5.74) is 1.04. The molecule has 0 aromatic carbocycles. The van der Waals surface area contributed by atoms with Crippen LogP contribution in [0, 0.1) is 0 Å². The molecule has 0 radical (unpaired) electrons. The van der Waals surface area contributed by atoms with Crippen LogP contribution in [0.5, 0.6) is 0 Å². The number of nitrogens with one attached hydrogen (secondary N) is 2. The van der Waals surface area contributed by atoms with E-state index in [0.717, 1.165) is 38.3 Å². The average molecular weight is 348 g/mol. The molecule has 2 atom stereocenters. The van der Waals surface area contributed by atoms with Gasteiger partial charge in [0, 0.05) is 36.9 Å². The molecule has 1 aromatic heterocycles. The maximum absolute atomic E-state index is 12.8. The van der Waals surface area contributed by atoms with Crippen molar-refractivity contribution in [3.63, 3.8) is 0 Å². The zero-order valence-corrected chi connectivity index (χ0v) is 14.7. The molecule has 2 N–H and O–H groups in total. The van der Waals surface area contributed by atoms with Gasteiger partial charge < -0.3 is 14.8 Å². The van der Waals surface area contributed by atoms with Crippen molar-refractivity contribution >= 4 is 11.7 Å². The number of carbonyl (C=O) groups excluding carboxylic acids is 1. The fraction of sp³-hybridized carbons (Fsp3) is 0.778. The highest BCUT2D eigenvalue weighted by atomic mass is 16.5. The number of amides is 1. The van der Waals surface area contributed by atoms with E-state index in [9.17, 15) is 4.79 Å². The highest BCUT2D eigenvalue weighted by Gasteiger charge is 2.35. The molecular formula is C18H28N4O3. The van der Waals surface area contributed by atoms with Crippen molar-refractivity contribution in [2.45, 2.75) is 56.5 Å². The van der Waals surface area contributed by atoms with Gasteiger partial charge in [0.25, 0.3) is 0 Å². The van der Waals surface area contributed by atoms with Crippen LogP contribution < -0.4 is 5.32 Å². The first kappa shape index (κ1) is 17.0. The van der Waals surface area contributed by atoms with Gasteiger partial charge in [0.15, 0.2) is 5.82 Å². The molecule has 4 rings (SSSR count). The van der Waals surface area contributed by atoms with Crippen molar-refractivity contribution < 1.29 is 14.3 Å². The molecule has 3 heterocycles. The van der Waals surface area contributed by atoms with Crippen LogP contribution in [0.1, 0.15) is 50.1 Å². The number of aromatic nitrogens is 2. The van der Waals surface area contributed by atoms with E-state index in [1.807, 2.05) is 6.07 Å². The van der Waals surface area contributed by atoms with Gasteiger partial charge in [0.1, 0.15) is 6.04 Å². The lowest BCUT2D eigenvalue weighted by Crippen LogP contribution is -2.55. The van der Waals surface area contributed by atoms with Gasteiger partial charge in [-0.2, -0.15) is 5.10 Å². The van der Waals surface area contributed by atoms with E-state index in [1.54, 1.807) is 0 Å². The fourth-order valence-electron chi connectivity index (χ4n) is 4.32. The number of H-pyrrole nitrogens is 1. The Kier molecular flexibility index (Phi) is 5.33. The van der Waals surface area contributed by atoms with Crippen molar-refractivity contribution in [2.75, 3.05) is 38.3 Å². The van der Waals surface area contributed by atoms with E-state index in [-0.39, 0.29) is 11.9 Å². The van der Waals surface area contributed by atoms with Crippen molar-refractivity contribution in [3.8, 4) is 0 Å². The summed E-state index contributed by atoms with van der Waals surface area (Å²) in [6.45, 7) is 3.59. The highest BCUT2D eigenvalue weighted by Crippen LogP contribution is 2.28. The standard InChI is InChI=1S/C18H28N4O3/c23-18(16-12-25-9-7-22(16)14-5-1-2-6-14)19-17-10-15(20-21-17)13-4-3-8-24-11-13/h10,13-14,16H,1-9,11-12H2,(H2,19,20,21,23)/t13-,16-/m0/s1. The molecule has 1 saturated carbocycles. The molecule has 1 amide bonds. The number of rotatable bonds is 4. The minimum Gasteiger partial charge on any atom is -0.381 e. The number of nitrogens with zero attached hydrogens (tertiary/aromatic N) is 2. The lowest BCUT2D eigenvalue weighted by molar-refractivity contribution is -0.129. The van der Waals surface area contributed by atoms with Crippen LogP contribution in [0.15, 0.2) is 6.07 Å². The van der Waals surface area contributed by atoms with Crippen LogP contribution in [0.2, 0.25) is 0 Å². The third-order valence-electron chi connectivity index (χ3n) is 5.72. The van der Waals surface area contributed by atoms with Crippen molar-refractivity contribution in [1.82, 2.24) is 15.1 Å². The first-order valence-electron chi connectivity index (χ1n) is 9.58. The zero-order valence-electron chi connectivity index (χ0n) is 14.7. The molecule has 2 aliphatic heterocycles. The summed E-state index contributed by atoms with van der Waals surface area (Å²) < 4.78 is 11.1. The summed E-state index contributed by atoms with van der Waals surface area (Å²) in [7, 11) is 0. The first-order chi connectivity index (χ1) is 12.3. The van der Waals surface area contributed by atoms with Crippen LogP contribution in [0.4, 0.5) is 5.82 Å². The maximum Gasteiger partial charge on any atom is 0.245 e. The molecule has 3 fully saturated rings. The number of ether oxygens (including phenoxy) is 2. The summed E-state index contributed by atoms with van der Waals surface area (Å²) in [4.78, 5) is 15.2. The third-order valence-corrected chi connectivity index (χ3v) is 5.72. The van der Waals surface area contributed by atoms with Gasteiger partial charge in [-0.15, -0.1) is 0 Å². The van der Waals surface area contributed by atoms with Crippen LogP contribution >= 0.6 is 0 Å². The summed E-state index contributed by atoms with van der Waals surface area (Å²) in [5.74, 6) is 0.937. The summed E-state index contributed by atoms with van der Waals surface area (Å²) in [6.07, 6.45) is 7.09. The van der Waals surface area contributed by atoms with Crippen molar-refractivity contribution in [1.29, 1.82) is 0 Å². The molecule has 1 aromatic rings. The van der Waals surface area contributed by atoms with Crippen LogP contribution in [0.25, 0.3) is 0 Å². The molecule has 3 aliphatic rings. The second kappa shape index (κ2) is 7.85.